The first-order chi connectivity index (χ1) is 16.1. The molecule has 0 spiro atoms. The number of ether oxygens (including phenoxy) is 1. The van der Waals surface area contributed by atoms with Crippen LogP contribution in [0.4, 0.5) is 11.4 Å². The molecule has 1 heterocycles. The molecule has 11 nitrogen and oxygen atoms in total. The average Bonchev–Trinajstić information content (AvgIpc) is 2.82. The van der Waals surface area contributed by atoms with Crippen LogP contribution < -0.4 is 9.62 Å². The summed E-state index contributed by atoms with van der Waals surface area (Å²) in [6.07, 6.45) is 0. The molecule has 1 aliphatic rings. The minimum Gasteiger partial charge on any atom is -0.452 e. The van der Waals surface area contributed by atoms with E-state index in [4.69, 9.17) is 4.74 Å². The molecule has 34 heavy (non-hydrogen) atoms. The van der Waals surface area contributed by atoms with Gasteiger partial charge in [0.1, 0.15) is 0 Å². The molecule has 0 bridgehead atoms. The van der Waals surface area contributed by atoms with Gasteiger partial charge >= 0.3 is 5.97 Å². The van der Waals surface area contributed by atoms with Crippen LogP contribution in [0, 0.1) is 17.0 Å². The summed E-state index contributed by atoms with van der Waals surface area (Å²) in [6.45, 7) is 4.92. The molecule has 0 aromatic heterocycles. The third kappa shape index (κ3) is 5.88. The fourth-order valence-electron chi connectivity index (χ4n) is 3.56. The number of piperazine rings is 1. The Morgan fingerprint density at radius 2 is 1.74 bits per heavy atom. The largest absolute Gasteiger partial charge is 0.452 e. The second kappa shape index (κ2) is 10.6. The zero-order chi connectivity index (χ0) is 24.9. The molecule has 12 heteroatoms. The molecule has 1 fully saturated rings. The van der Waals surface area contributed by atoms with Crippen molar-refractivity contribution in [3.63, 3.8) is 0 Å². The lowest BCUT2D eigenvalue weighted by atomic mass is 10.1. The van der Waals surface area contributed by atoms with Crippen molar-refractivity contribution < 1.29 is 27.7 Å². The Balaban J connectivity index is 1.55. The Bertz CT molecular complexity index is 1170. The number of non-ortho nitro benzene ring substituents is 1. The number of rotatable bonds is 8. The van der Waals surface area contributed by atoms with Gasteiger partial charge in [-0.3, -0.25) is 14.9 Å². The van der Waals surface area contributed by atoms with Gasteiger partial charge < -0.3 is 14.5 Å². The van der Waals surface area contributed by atoms with Gasteiger partial charge in [0.2, 0.25) is 10.0 Å². The van der Waals surface area contributed by atoms with Crippen molar-refractivity contribution in [1.82, 2.24) is 9.62 Å². The number of carbonyl (C=O) groups excluding carboxylic acids is 2. The van der Waals surface area contributed by atoms with Gasteiger partial charge in [0, 0.05) is 50.5 Å². The maximum atomic E-state index is 12.5. The number of nitro benzene ring substituents is 1. The van der Waals surface area contributed by atoms with Gasteiger partial charge in [-0.1, -0.05) is 13.0 Å². The minimum absolute atomic E-state index is 0.0133. The van der Waals surface area contributed by atoms with E-state index in [-0.39, 0.29) is 28.6 Å². The number of anilines is 1. The lowest BCUT2D eigenvalue weighted by molar-refractivity contribution is -0.384. The average molecular weight is 491 g/mol. The van der Waals surface area contributed by atoms with E-state index in [0.29, 0.717) is 31.7 Å². The molecule has 2 aromatic rings. The van der Waals surface area contributed by atoms with Crippen LogP contribution in [0.5, 0.6) is 0 Å². The van der Waals surface area contributed by atoms with E-state index in [1.54, 1.807) is 30.9 Å². The van der Waals surface area contributed by atoms with Crippen LogP contribution in [0.25, 0.3) is 0 Å². The third-order valence-electron chi connectivity index (χ3n) is 5.46. The molecule has 182 valence electrons. The maximum absolute atomic E-state index is 12.5. The van der Waals surface area contributed by atoms with E-state index in [1.807, 2.05) is 4.90 Å². The van der Waals surface area contributed by atoms with E-state index >= 15 is 0 Å². The summed E-state index contributed by atoms with van der Waals surface area (Å²) in [4.78, 5) is 39.0. The van der Waals surface area contributed by atoms with E-state index in [0.717, 1.165) is 5.69 Å². The Kier molecular flexibility index (Phi) is 7.84. The minimum atomic E-state index is -3.74. The summed E-state index contributed by atoms with van der Waals surface area (Å²) in [7, 11) is -3.74. The highest BCUT2D eigenvalue weighted by Gasteiger charge is 2.24. The molecule has 0 saturated carbocycles. The van der Waals surface area contributed by atoms with E-state index < -0.39 is 27.5 Å². The number of aryl methyl sites for hydroxylation is 1. The Labute approximate surface area is 197 Å². The first-order valence-electron chi connectivity index (χ1n) is 10.7. The number of carbonyl (C=O) groups is 2. The topological polar surface area (TPSA) is 139 Å². The number of amides is 1. The van der Waals surface area contributed by atoms with E-state index in [1.165, 1.54) is 30.3 Å². The Morgan fingerprint density at radius 1 is 1.09 bits per heavy atom. The zero-order valence-corrected chi connectivity index (χ0v) is 19.7. The van der Waals surface area contributed by atoms with Crippen molar-refractivity contribution in [2.24, 2.45) is 0 Å². The van der Waals surface area contributed by atoms with Crippen molar-refractivity contribution in [3.8, 4) is 0 Å². The number of nitrogens with one attached hydrogen (secondary N) is 1. The van der Waals surface area contributed by atoms with Crippen LogP contribution in [-0.4, -0.2) is 69.4 Å². The molecule has 1 saturated heterocycles. The van der Waals surface area contributed by atoms with Gasteiger partial charge in [-0.25, -0.2) is 17.9 Å². The van der Waals surface area contributed by atoms with Gasteiger partial charge in [-0.15, -0.1) is 0 Å². The number of nitro groups is 1. The lowest BCUT2D eigenvalue weighted by Crippen LogP contribution is -2.49. The van der Waals surface area contributed by atoms with Crippen LogP contribution in [-0.2, 0) is 19.6 Å². The van der Waals surface area contributed by atoms with Crippen LogP contribution in [0.3, 0.4) is 0 Å². The highest BCUT2D eigenvalue weighted by atomic mass is 32.2. The predicted octanol–water partition coefficient (Wildman–Crippen LogP) is 1.71. The second-order valence-corrected chi connectivity index (χ2v) is 9.46. The quantitative estimate of drug-likeness (QED) is 0.335. The van der Waals surface area contributed by atoms with Crippen molar-refractivity contribution in [2.45, 2.75) is 18.7 Å². The first kappa shape index (κ1) is 25.1. The summed E-state index contributed by atoms with van der Waals surface area (Å²) < 4.78 is 32.0. The normalized spacial score (nSPS) is 14.1. The molecule has 2 aromatic carbocycles. The second-order valence-electron chi connectivity index (χ2n) is 7.70. The SMILES string of the molecule is CCNS(=O)(=O)c1ccc(C)c(C(=O)OCC(=O)N2CCN(c3ccc([N+](=O)[O-])cc3)CC2)c1. The molecular formula is C22H26N4O7S. The van der Waals surface area contributed by atoms with Crippen LogP contribution in [0.1, 0.15) is 22.8 Å². The van der Waals surface area contributed by atoms with Gasteiger partial charge in [-0.05, 0) is 36.8 Å². The van der Waals surface area contributed by atoms with Crippen molar-refractivity contribution in [1.29, 1.82) is 0 Å². The Morgan fingerprint density at radius 3 is 2.32 bits per heavy atom. The fourth-order valence-corrected chi connectivity index (χ4v) is 4.62. The van der Waals surface area contributed by atoms with Crippen molar-refractivity contribution in [2.75, 3.05) is 44.2 Å². The highest BCUT2D eigenvalue weighted by molar-refractivity contribution is 7.89. The van der Waals surface area contributed by atoms with E-state index in [9.17, 15) is 28.1 Å². The molecule has 1 aliphatic heterocycles. The standard InChI is InChI=1S/C22H26N4O7S/c1-3-23-34(31,32)19-9-4-16(2)20(14-19)22(28)33-15-21(27)25-12-10-24(11-13-25)17-5-7-18(8-6-17)26(29)30/h4-9,14,23H,3,10-13,15H2,1-2H3. The van der Waals surface area contributed by atoms with Crippen molar-refractivity contribution >= 4 is 33.3 Å². The molecule has 3 rings (SSSR count). The number of esters is 1. The highest BCUT2D eigenvalue weighted by Crippen LogP contribution is 2.21. The first-order valence-corrected chi connectivity index (χ1v) is 12.2. The fraction of sp³-hybridized carbons (Fsp3) is 0.364. The van der Waals surface area contributed by atoms with Crippen LogP contribution in [0.2, 0.25) is 0 Å². The van der Waals surface area contributed by atoms with Crippen molar-refractivity contribution in [3.05, 3.63) is 63.7 Å². The molecule has 0 aliphatic carbocycles. The maximum Gasteiger partial charge on any atom is 0.338 e. The van der Waals surface area contributed by atoms with Crippen LogP contribution in [0.15, 0.2) is 47.4 Å². The van der Waals surface area contributed by atoms with Crippen LogP contribution >= 0.6 is 0 Å². The van der Waals surface area contributed by atoms with Gasteiger partial charge in [0.25, 0.3) is 11.6 Å². The monoisotopic (exact) mass is 490 g/mol. The molecule has 0 radical (unpaired) electrons. The summed E-state index contributed by atoms with van der Waals surface area (Å²) in [5.74, 6) is -1.13. The predicted molar refractivity (Wildman–Crippen MR) is 124 cm³/mol. The molecular weight excluding hydrogens is 464 g/mol. The molecule has 0 atom stereocenters. The smallest absolute Gasteiger partial charge is 0.338 e. The number of benzene rings is 2. The number of sulfonamides is 1. The summed E-state index contributed by atoms with van der Waals surface area (Å²) in [5, 5.41) is 10.8. The number of nitrogens with zero attached hydrogens (tertiary/aromatic N) is 3. The van der Waals surface area contributed by atoms with Gasteiger partial charge in [0.15, 0.2) is 6.61 Å². The molecule has 1 amide bonds. The van der Waals surface area contributed by atoms with Gasteiger partial charge in [-0.2, -0.15) is 0 Å². The van der Waals surface area contributed by atoms with E-state index in [2.05, 4.69) is 4.72 Å². The molecule has 1 N–H and O–H groups in total. The third-order valence-corrected chi connectivity index (χ3v) is 7.00. The zero-order valence-electron chi connectivity index (χ0n) is 18.9. The lowest BCUT2D eigenvalue weighted by Gasteiger charge is -2.36. The molecule has 0 unspecified atom stereocenters. The van der Waals surface area contributed by atoms with Gasteiger partial charge in [0.05, 0.1) is 15.4 Å². The summed E-state index contributed by atoms with van der Waals surface area (Å²) >= 11 is 0. The Hall–Kier alpha value is -3.51. The summed E-state index contributed by atoms with van der Waals surface area (Å²) in [5.41, 5.74) is 1.45. The summed E-state index contributed by atoms with van der Waals surface area (Å²) in [6, 6.07) is 10.4. The number of hydrogen-bond acceptors (Lipinski definition) is 8. The number of hydrogen-bond donors (Lipinski definition) is 1.